The van der Waals surface area contributed by atoms with Crippen molar-refractivity contribution >= 4 is 16.1 Å². The van der Waals surface area contributed by atoms with E-state index >= 15 is 0 Å². The van der Waals surface area contributed by atoms with E-state index in [-0.39, 0.29) is 18.5 Å². The molecule has 0 atom stereocenters. The molecule has 1 saturated heterocycles. The maximum atomic E-state index is 11.9. The predicted octanol–water partition coefficient (Wildman–Crippen LogP) is -1.65. The quantitative estimate of drug-likeness (QED) is 0.630. The number of hydrogen-bond acceptors (Lipinski definition) is 4. The number of nitrogens with one attached hydrogen (secondary N) is 2. The highest BCUT2D eigenvalue weighted by molar-refractivity contribution is 7.87. The Bertz CT molecular complexity index is 401. The molecule has 2 rings (SSSR count). The molecule has 0 unspecified atom stereocenters. The molecule has 104 valence electrons. The molecule has 0 aromatic rings. The lowest BCUT2D eigenvalue weighted by Gasteiger charge is -2.29. The molecule has 8 heteroatoms. The molecule has 0 spiro atoms. The van der Waals surface area contributed by atoms with E-state index in [2.05, 4.69) is 10.0 Å². The molecule has 1 heterocycles. The van der Waals surface area contributed by atoms with Crippen LogP contribution in [0.15, 0.2) is 0 Å². The monoisotopic (exact) mass is 276 g/mol. The molecule has 18 heavy (non-hydrogen) atoms. The highest BCUT2D eigenvalue weighted by Crippen LogP contribution is 2.20. The van der Waals surface area contributed by atoms with E-state index in [0.717, 1.165) is 30.2 Å². The van der Waals surface area contributed by atoms with Crippen molar-refractivity contribution in [2.24, 2.45) is 0 Å². The number of carbonyl (C=O) groups is 1. The fourth-order valence-corrected chi connectivity index (χ4v) is 2.91. The van der Waals surface area contributed by atoms with Crippen molar-refractivity contribution in [3.8, 4) is 0 Å². The van der Waals surface area contributed by atoms with Gasteiger partial charge in [-0.2, -0.15) is 17.4 Å². The molecule has 7 nitrogen and oxygen atoms in total. The third-order valence-electron chi connectivity index (χ3n) is 3.13. The molecule has 0 bridgehead atoms. The molecule has 2 aliphatic rings. The van der Waals surface area contributed by atoms with Gasteiger partial charge in [-0.3, -0.25) is 4.79 Å². The van der Waals surface area contributed by atoms with Gasteiger partial charge in [0.2, 0.25) is 5.91 Å². The van der Waals surface area contributed by atoms with E-state index in [9.17, 15) is 13.2 Å². The van der Waals surface area contributed by atoms with Crippen LogP contribution in [-0.2, 0) is 15.0 Å². The number of likely N-dealkylation sites (N-methyl/N-ethyl adjacent to an activating group) is 1. The summed E-state index contributed by atoms with van der Waals surface area (Å²) in [6.45, 7) is 2.72. The Morgan fingerprint density at radius 1 is 1.39 bits per heavy atom. The van der Waals surface area contributed by atoms with Crippen molar-refractivity contribution in [1.29, 1.82) is 0 Å². The maximum absolute atomic E-state index is 11.9. The molecule has 0 aromatic carbocycles. The molecule has 0 radical (unpaired) electrons. The van der Waals surface area contributed by atoms with Gasteiger partial charge in [0.05, 0.1) is 6.54 Å². The molecule has 1 saturated carbocycles. The minimum absolute atomic E-state index is 0.0618. The van der Waals surface area contributed by atoms with Gasteiger partial charge in [-0.25, -0.2) is 0 Å². The largest absolute Gasteiger partial charge is 0.339 e. The van der Waals surface area contributed by atoms with E-state index < -0.39 is 10.2 Å². The molecule has 1 aliphatic heterocycles. The molecule has 2 fully saturated rings. The summed E-state index contributed by atoms with van der Waals surface area (Å²) in [7, 11) is -2.08. The molecule has 1 aliphatic carbocycles. The van der Waals surface area contributed by atoms with Crippen LogP contribution >= 0.6 is 0 Å². The second kappa shape index (κ2) is 5.52. The maximum Gasteiger partial charge on any atom is 0.279 e. The zero-order valence-electron chi connectivity index (χ0n) is 10.6. The van der Waals surface area contributed by atoms with Crippen LogP contribution in [0.25, 0.3) is 0 Å². The fraction of sp³-hybridized carbons (Fsp3) is 0.900. The van der Waals surface area contributed by atoms with Gasteiger partial charge in [0.25, 0.3) is 10.2 Å². The summed E-state index contributed by atoms with van der Waals surface area (Å²) in [4.78, 5) is 13.6. The summed E-state index contributed by atoms with van der Waals surface area (Å²) in [5.74, 6) is -0.139. The lowest BCUT2D eigenvalue weighted by atomic mass is 10.3. The van der Waals surface area contributed by atoms with Crippen molar-refractivity contribution < 1.29 is 13.2 Å². The van der Waals surface area contributed by atoms with Crippen LogP contribution < -0.4 is 10.0 Å². The standard InChI is InChI=1S/C10H20N4O3S/c1-13(18(16,17)12-9-2-3-9)8-10(15)14-6-4-11-5-7-14/h9,11-12H,2-8H2,1H3. The number of rotatable bonds is 5. The van der Waals surface area contributed by atoms with Gasteiger partial charge < -0.3 is 10.2 Å². The molecular weight excluding hydrogens is 256 g/mol. The zero-order chi connectivity index (χ0) is 13.2. The Balaban J connectivity index is 1.85. The highest BCUT2D eigenvalue weighted by Gasteiger charge is 2.30. The van der Waals surface area contributed by atoms with Crippen LogP contribution in [0.3, 0.4) is 0 Å². The Hall–Kier alpha value is -0.700. The average molecular weight is 276 g/mol. The first-order valence-electron chi connectivity index (χ1n) is 6.21. The summed E-state index contributed by atoms with van der Waals surface area (Å²) in [6.07, 6.45) is 1.78. The van der Waals surface area contributed by atoms with Gasteiger partial charge in [-0.1, -0.05) is 0 Å². The topological polar surface area (TPSA) is 81.8 Å². The minimum Gasteiger partial charge on any atom is -0.339 e. The second-order valence-electron chi connectivity index (χ2n) is 4.78. The van der Waals surface area contributed by atoms with E-state index in [1.165, 1.54) is 7.05 Å². The van der Waals surface area contributed by atoms with Gasteiger partial charge in [0.15, 0.2) is 0 Å². The van der Waals surface area contributed by atoms with Crippen LogP contribution in [0.5, 0.6) is 0 Å². The lowest BCUT2D eigenvalue weighted by molar-refractivity contribution is -0.131. The second-order valence-corrected chi connectivity index (χ2v) is 6.59. The number of piperazine rings is 1. The van der Waals surface area contributed by atoms with Crippen molar-refractivity contribution in [2.75, 3.05) is 39.8 Å². The first-order chi connectivity index (χ1) is 8.49. The van der Waals surface area contributed by atoms with Crippen molar-refractivity contribution in [1.82, 2.24) is 19.2 Å². The third kappa shape index (κ3) is 3.64. The third-order valence-corrected chi connectivity index (χ3v) is 4.71. The van der Waals surface area contributed by atoms with E-state index in [1.807, 2.05) is 0 Å². The first kappa shape index (κ1) is 13.7. The van der Waals surface area contributed by atoms with Crippen LogP contribution in [-0.4, -0.2) is 69.3 Å². The van der Waals surface area contributed by atoms with Gasteiger partial charge in [0.1, 0.15) is 0 Å². The lowest BCUT2D eigenvalue weighted by Crippen LogP contribution is -2.51. The van der Waals surface area contributed by atoms with E-state index in [4.69, 9.17) is 0 Å². The van der Waals surface area contributed by atoms with Gasteiger partial charge >= 0.3 is 0 Å². The number of hydrogen-bond donors (Lipinski definition) is 2. The summed E-state index contributed by atoms with van der Waals surface area (Å²) < 4.78 is 27.3. The Morgan fingerprint density at radius 2 is 2.00 bits per heavy atom. The van der Waals surface area contributed by atoms with Crippen molar-refractivity contribution in [2.45, 2.75) is 18.9 Å². The summed E-state index contributed by atoms with van der Waals surface area (Å²) in [6, 6.07) is 0.0618. The Labute approximate surface area is 108 Å². The van der Waals surface area contributed by atoms with Crippen LogP contribution in [0, 0.1) is 0 Å². The number of carbonyl (C=O) groups excluding carboxylic acids is 1. The van der Waals surface area contributed by atoms with Gasteiger partial charge in [0, 0.05) is 39.3 Å². The van der Waals surface area contributed by atoms with Crippen LogP contribution in [0.1, 0.15) is 12.8 Å². The molecular formula is C10H20N4O3S. The first-order valence-corrected chi connectivity index (χ1v) is 7.65. The smallest absolute Gasteiger partial charge is 0.279 e. The van der Waals surface area contributed by atoms with Gasteiger partial charge in [-0.05, 0) is 12.8 Å². The predicted molar refractivity (Wildman–Crippen MR) is 67.2 cm³/mol. The Kier molecular flexibility index (Phi) is 4.21. The molecule has 0 aromatic heterocycles. The summed E-state index contributed by atoms with van der Waals surface area (Å²) in [5.41, 5.74) is 0. The summed E-state index contributed by atoms with van der Waals surface area (Å²) in [5, 5.41) is 3.15. The summed E-state index contributed by atoms with van der Waals surface area (Å²) >= 11 is 0. The van der Waals surface area contributed by atoms with Gasteiger partial charge in [-0.15, -0.1) is 0 Å². The SMILES string of the molecule is CN(CC(=O)N1CCNCC1)S(=O)(=O)NC1CC1. The van der Waals surface area contributed by atoms with Crippen LogP contribution in [0.4, 0.5) is 0 Å². The van der Waals surface area contributed by atoms with Crippen LogP contribution in [0.2, 0.25) is 0 Å². The van der Waals surface area contributed by atoms with Crippen molar-refractivity contribution in [3.63, 3.8) is 0 Å². The van der Waals surface area contributed by atoms with E-state index in [1.54, 1.807) is 4.90 Å². The number of amides is 1. The average Bonchev–Trinajstić information content (AvgIpc) is 3.13. The molecule has 1 amide bonds. The number of nitrogens with zero attached hydrogens (tertiary/aromatic N) is 2. The normalized spacial score (nSPS) is 21.3. The minimum atomic E-state index is -3.51. The van der Waals surface area contributed by atoms with Crippen molar-refractivity contribution in [3.05, 3.63) is 0 Å². The Morgan fingerprint density at radius 3 is 2.56 bits per heavy atom. The van der Waals surface area contributed by atoms with E-state index in [0.29, 0.717) is 13.1 Å². The molecule has 2 N–H and O–H groups in total. The highest BCUT2D eigenvalue weighted by atomic mass is 32.2. The zero-order valence-corrected chi connectivity index (χ0v) is 11.4. The fourth-order valence-electron chi connectivity index (χ4n) is 1.79.